The van der Waals surface area contributed by atoms with Crippen molar-refractivity contribution in [2.45, 2.75) is 26.8 Å². The Bertz CT molecular complexity index is 1720. The Morgan fingerprint density at radius 1 is 1.10 bits per heavy atom. The van der Waals surface area contributed by atoms with E-state index in [4.69, 9.17) is 9.47 Å². The molecule has 1 amide bonds. The Balaban J connectivity index is 1.78. The molecule has 1 fully saturated rings. The van der Waals surface area contributed by atoms with E-state index >= 15 is 0 Å². The van der Waals surface area contributed by atoms with Gasteiger partial charge in [-0.15, -0.1) is 0 Å². The number of hydrogen-bond acceptors (Lipinski definition) is 10. The first-order valence-electron chi connectivity index (χ1n) is 11.8. The van der Waals surface area contributed by atoms with Gasteiger partial charge in [-0.3, -0.25) is 14.5 Å². The first-order chi connectivity index (χ1) is 18.6. The van der Waals surface area contributed by atoms with E-state index in [1.165, 1.54) is 32.4 Å². The monoisotopic (exact) mass is 548 g/mol. The molecule has 2 N–H and O–H groups in total. The number of aliphatic hydroxyl groups excluding tert-OH is 1. The second-order valence-electron chi connectivity index (χ2n) is 8.93. The number of ketones is 1. The molecular weight excluding hydrogens is 524 g/mol. The highest BCUT2D eigenvalue weighted by atomic mass is 32.1. The van der Waals surface area contributed by atoms with Gasteiger partial charge in [-0.1, -0.05) is 23.5 Å². The minimum Gasteiger partial charge on any atom is -0.505 e. The number of methoxy groups -OCH3 is 2. The van der Waals surface area contributed by atoms with Crippen molar-refractivity contribution in [3.63, 3.8) is 0 Å². The Morgan fingerprint density at radius 2 is 1.85 bits per heavy atom. The molecule has 1 aliphatic rings. The molecule has 1 saturated heterocycles. The van der Waals surface area contributed by atoms with Crippen molar-refractivity contribution in [1.29, 1.82) is 0 Å². The number of aromatic hydroxyl groups is 1. The summed E-state index contributed by atoms with van der Waals surface area (Å²) in [5, 5.41) is 21.8. The fraction of sp³-hybridized carbons (Fsp3) is 0.222. The molecule has 0 radical (unpaired) electrons. The van der Waals surface area contributed by atoms with E-state index in [-0.39, 0.29) is 32.8 Å². The van der Waals surface area contributed by atoms with E-state index in [1.54, 1.807) is 24.4 Å². The molecule has 1 unspecified atom stereocenters. The fourth-order valence-corrected chi connectivity index (χ4v) is 5.66. The lowest BCUT2D eigenvalue weighted by Gasteiger charge is -2.23. The normalized spacial score (nSPS) is 16.7. The second-order valence-corrected chi connectivity index (χ2v) is 9.91. The summed E-state index contributed by atoms with van der Waals surface area (Å²) in [6.07, 6.45) is 1.79. The molecule has 200 valence electrons. The van der Waals surface area contributed by atoms with Crippen LogP contribution in [0.15, 0.2) is 42.1 Å². The summed E-state index contributed by atoms with van der Waals surface area (Å²) in [7, 11) is 2.60. The smallest absolute Gasteiger partial charge is 0.350 e. The molecule has 39 heavy (non-hydrogen) atoms. The minimum absolute atomic E-state index is 0.0636. The number of phenolic OH excluding ortho intramolecular Hbond substituents is 1. The van der Waals surface area contributed by atoms with Gasteiger partial charge in [-0.05, 0) is 50.1 Å². The Morgan fingerprint density at radius 3 is 2.51 bits per heavy atom. The molecule has 0 saturated carbocycles. The quantitative estimate of drug-likeness (QED) is 0.164. The third-order valence-corrected chi connectivity index (χ3v) is 7.77. The van der Waals surface area contributed by atoms with Crippen LogP contribution in [0.2, 0.25) is 0 Å². The largest absolute Gasteiger partial charge is 0.505 e. The highest BCUT2D eigenvalue weighted by Gasteiger charge is 2.49. The molecule has 1 atom stereocenters. The van der Waals surface area contributed by atoms with Crippen molar-refractivity contribution in [3.05, 3.63) is 75.2 Å². The van der Waals surface area contributed by atoms with Gasteiger partial charge < -0.3 is 24.1 Å². The van der Waals surface area contributed by atoms with Crippen LogP contribution in [0.4, 0.5) is 5.13 Å². The van der Waals surface area contributed by atoms with Gasteiger partial charge in [0, 0.05) is 6.20 Å². The highest BCUT2D eigenvalue weighted by Crippen LogP contribution is 2.45. The van der Waals surface area contributed by atoms with Gasteiger partial charge in [0.2, 0.25) is 0 Å². The summed E-state index contributed by atoms with van der Waals surface area (Å²) in [6, 6.07) is 6.89. The number of carbonyl (C=O) groups is 3. The molecule has 4 heterocycles. The maximum Gasteiger partial charge on any atom is 0.350 e. The average Bonchev–Trinajstić information content (AvgIpc) is 3.55. The summed E-state index contributed by atoms with van der Waals surface area (Å²) in [4.78, 5) is 49.6. The number of hydrogen-bond donors (Lipinski definition) is 2. The molecule has 11 nitrogen and oxygen atoms in total. The Hall–Kier alpha value is -4.71. The molecule has 0 aliphatic carbocycles. The van der Waals surface area contributed by atoms with Gasteiger partial charge in [0.1, 0.15) is 16.2 Å². The number of nitrogens with zero attached hydrogens (tertiary/aromatic N) is 4. The number of Topliss-reactive ketones (excluding diaryl/α,β-unsaturated/α-hetero) is 1. The van der Waals surface area contributed by atoms with Crippen LogP contribution in [0.25, 0.3) is 11.4 Å². The highest BCUT2D eigenvalue weighted by molar-refractivity contribution is 7.17. The number of amides is 1. The van der Waals surface area contributed by atoms with E-state index in [0.29, 0.717) is 22.6 Å². The Labute approximate surface area is 226 Å². The molecule has 0 bridgehead atoms. The molecule has 12 heteroatoms. The van der Waals surface area contributed by atoms with Gasteiger partial charge in [-0.25, -0.2) is 14.8 Å². The van der Waals surface area contributed by atoms with Crippen LogP contribution in [0.5, 0.6) is 11.5 Å². The van der Waals surface area contributed by atoms with Crippen LogP contribution in [0.1, 0.15) is 43.9 Å². The lowest BCUT2D eigenvalue weighted by Crippen LogP contribution is -2.29. The third-order valence-electron chi connectivity index (χ3n) is 6.63. The van der Waals surface area contributed by atoms with Crippen molar-refractivity contribution in [2.75, 3.05) is 19.1 Å². The number of thiazole rings is 1. The predicted molar refractivity (Wildman–Crippen MR) is 142 cm³/mol. The number of rotatable bonds is 5. The van der Waals surface area contributed by atoms with Crippen LogP contribution in [0, 0.1) is 20.8 Å². The molecule has 1 aliphatic heterocycles. The SMILES string of the molecule is COC(=O)c1sc(N2C(=O)C(=O)/C(=C(/O)c3nc4c(C)cccn4c3C)C2c2ccc(O)c(OC)c2)nc1C. The first-order valence-corrected chi connectivity index (χ1v) is 12.6. The van der Waals surface area contributed by atoms with Crippen molar-refractivity contribution in [2.24, 2.45) is 0 Å². The minimum atomic E-state index is -1.17. The van der Waals surface area contributed by atoms with Crippen LogP contribution in [0.3, 0.4) is 0 Å². The van der Waals surface area contributed by atoms with Crippen LogP contribution >= 0.6 is 11.3 Å². The summed E-state index contributed by atoms with van der Waals surface area (Å²) in [6.45, 7) is 5.21. The standard InChI is InChI=1S/C27H24N4O7S/c1-12-7-6-10-30-14(3)19(29-24(12)30)21(33)18-20(15-8-9-16(32)17(11-15)37-4)31(25(35)22(18)34)27-28-13(2)23(39-27)26(36)38-5/h6-11,20,32-33H,1-5H3/b21-18+. The molecule has 1 aromatic carbocycles. The van der Waals surface area contributed by atoms with Crippen molar-refractivity contribution >= 4 is 45.5 Å². The van der Waals surface area contributed by atoms with E-state index in [2.05, 4.69) is 9.97 Å². The second kappa shape index (κ2) is 9.55. The number of benzene rings is 1. The first kappa shape index (κ1) is 25.9. The number of aliphatic hydroxyl groups is 1. The number of fused-ring (bicyclic) bond motifs is 1. The van der Waals surface area contributed by atoms with Crippen molar-refractivity contribution in [3.8, 4) is 11.5 Å². The van der Waals surface area contributed by atoms with Crippen LogP contribution in [-0.4, -0.2) is 56.5 Å². The van der Waals surface area contributed by atoms with Crippen LogP contribution < -0.4 is 9.64 Å². The number of aryl methyl sites for hydroxylation is 3. The zero-order valence-electron chi connectivity index (χ0n) is 21.7. The molecule has 0 spiro atoms. The van der Waals surface area contributed by atoms with Crippen molar-refractivity contribution < 1.29 is 34.1 Å². The third kappa shape index (κ3) is 4.00. The number of phenols is 1. The number of imidazole rings is 1. The van der Waals surface area contributed by atoms with Gasteiger partial charge >= 0.3 is 11.9 Å². The molecule has 3 aromatic heterocycles. The summed E-state index contributed by atoms with van der Waals surface area (Å²) in [5.41, 5.74) is 2.61. The predicted octanol–water partition coefficient (Wildman–Crippen LogP) is 3.84. The van der Waals surface area contributed by atoms with Gasteiger partial charge in [-0.2, -0.15) is 0 Å². The number of carbonyl (C=O) groups excluding carboxylic acids is 3. The number of ether oxygens (including phenoxy) is 2. The summed E-state index contributed by atoms with van der Waals surface area (Å²) < 4.78 is 11.9. The van der Waals surface area contributed by atoms with Gasteiger partial charge in [0.05, 0.1) is 37.2 Å². The lowest BCUT2D eigenvalue weighted by atomic mass is 9.96. The van der Waals surface area contributed by atoms with E-state index in [9.17, 15) is 24.6 Å². The number of esters is 1. The van der Waals surface area contributed by atoms with E-state index in [0.717, 1.165) is 21.8 Å². The van der Waals surface area contributed by atoms with E-state index < -0.39 is 29.5 Å². The number of aromatic nitrogens is 3. The fourth-order valence-electron chi connectivity index (χ4n) is 4.65. The van der Waals surface area contributed by atoms with Gasteiger partial charge in [0.25, 0.3) is 5.78 Å². The number of pyridine rings is 1. The van der Waals surface area contributed by atoms with Crippen LogP contribution in [-0.2, 0) is 14.3 Å². The summed E-state index contributed by atoms with van der Waals surface area (Å²) >= 11 is 0.888. The lowest BCUT2D eigenvalue weighted by molar-refractivity contribution is -0.132. The topological polar surface area (TPSA) is 144 Å². The average molecular weight is 549 g/mol. The maximum atomic E-state index is 13.5. The zero-order valence-corrected chi connectivity index (χ0v) is 22.5. The summed E-state index contributed by atoms with van der Waals surface area (Å²) in [5.74, 6) is -3.05. The molecule has 5 rings (SSSR count). The number of anilines is 1. The molecule has 4 aromatic rings. The molecular formula is C27H24N4O7S. The van der Waals surface area contributed by atoms with E-state index in [1.807, 2.05) is 19.1 Å². The maximum absolute atomic E-state index is 13.5. The Kier molecular flexibility index (Phi) is 6.35. The van der Waals surface area contributed by atoms with Crippen molar-refractivity contribution in [1.82, 2.24) is 14.4 Å². The zero-order chi connectivity index (χ0) is 28.2. The van der Waals surface area contributed by atoms with Gasteiger partial charge in [0.15, 0.2) is 22.4 Å².